The second-order valence-corrected chi connectivity index (χ2v) is 4.89. The number of carbonyl (C=O) groups is 2. The number of benzene rings is 1. The van der Waals surface area contributed by atoms with E-state index in [9.17, 15) is 14.7 Å². The second-order valence-electron chi connectivity index (χ2n) is 4.89. The number of carbonyl (C=O) groups excluding carboxylic acids is 2. The summed E-state index contributed by atoms with van der Waals surface area (Å²) in [5.41, 5.74) is 0.598. The van der Waals surface area contributed by atoms with Gasteiger partial charge < -0.3 is 10.4 Å². The van der Waals surface area contributed by atoms with Crippen LogP contribution in [-0.2, 0) is 4.79 Å². The first-order chi connectivity index (χ1) is 9.04. The summed E-state index contributed by atoms with van der Waals surface area (Å²) in [4.78, 5) is 25.0. The standard InChI is InChI=1S/C14H18N2O3/c1-10(17)15-12-6-7-16(8-12)9-14(19)11-2-4-13(18)5-3-11/h2-5,12,18H,6-9H2,1H3,(H,15,17). The van der Waals surface area contributed by atoms with E-state index in [1.807, 2.05) is 4.90 Å². The third-order valence-corrected chi connectivity index (χ3v) is 3.24. The highest BCUT2D eigenvalue weighted by molar-refractivity contribution is 5.97. The largest absolute Gasteiger partial charge is 0.508 e. The van der Waals surface area contributed by atoms with Crippen molar-refractivity contribution in [2.45, 2.75) is 19.4 Å². The third-order valence-electron chi connectivity index (χ3n) is 3.24. The fraction of sp³-hybridized carbons (Fsp3) is 0.429. The molecule has 0 radical (unpaired) electrons. The van der Waals surface area contributed by atoms with Gasteiger partial charge in [-0.15, -0.1) is 0 Å². The Morgan fingerprint density at radius 3 is 2.68 bits per heavy atom. The molecule has 1 fully saturated rings. The Morgan fingerprint density at radius 1 is 1.37 bits per heavy atom. The number of phenols is 1. The van der Waals surface area contributed by atoms with Crippen molar-refractivity contribution in [2.24, 2.45) is 0 Å². The van der Waals surface area contributed by atoms with Crippen LogP contribution in [0.2, 0.25) is 0 Å². The molecular weight excluding hydrogens is 244 g/mol. The smallest absolute Gasteiger partial charge is 0.217 e. The number of likely N-dealkylation sites (tertiary alicyclic amines) is 1. The molecule has 5 nitrogen and oxygen atoms in total. The van der Waals surface area contributed by atoms with Crippen LogP contribution in [0.1, 0.15) is 23.7 Å². The Hall–Kier alpha value is -1.88. The molecule has 1 saturated heterocycles. The summed E-state index contributed by atoms with van der Waals surface area (Å²) in [5, 5.41) is 12.0. The Labute approximate surface area is 112 Å². The minimum Gasteiger partial charge on any atom is -0.508 e. The lowest BCUT2D eigenvalue weighted by Crippen LogP contribution is -2.36. The van der Waals surface area contributed by atoms with E-state index in [-0.39, 0.29) is 23.5 Å². The molecule has 2 rings (SSSR count). The van der Waals surface area contributed by atoms with E-state index in [0.29, 0.717) is 18.7 Å². The van der Waals surface area contributed by atoms with Gasteiger partial charge in [-0.1, -0.05) is 0 Å². The maximum absolute atomic E-state index is 12.0. The molecule has 2 N–H and O–H groups in total. The number of phenolic OH excluding ortho intramolecular Hbond substituents is 1. The molecule has 0 saturated carbocycles. The molecule has 1 aromatic rings. The van der Waals surface area contributed by atoms with E-state index in [0.717, 1.165) is 13.0 Å². The SMILES string of the molecule is CC(=O)NC1CCN(CC(=O)c2ccc(O)cc2)C1. The van der Waals surface area contributed by atoms with Gasteiger partial charge in [-0.05, 0) is 30.7 Å². The number of nitrogens with zero attached hydrogens (tertiary/aromatic N) is 1. The summed E-state index contributed by atoms with van der Waals surface area (Å²) in [6.45, 7) is 3.38. The summed E-state index contributed by atoms with van der Waals surface area (Å²) >= 11 is 0. The van der Waals surface area contributed by atoms with Crippen molar-refractivity contribution in [3.8, 4) is 5.75 Å². The predicted octanol–water partition coefficient (Wildman–Crippen LogP) is 0.785. The zero-order valence-corrected chi connectivity index (χ0v) is 10.9. The Bertz CT molecular complexity index is 470. The second kappa shape index (κ2) is 5.84. The van der Waals surface area contributed by atoms with Crippen LogP contribution < -0.4 is 5.32 Å². The van der Waals surface area contributed by atoms with Crippen LogP contribution in [-0.4, -0.2) is 47.4 Å². The monoisotopic (exact) mass is 262 g/mol. The first kappa shape index (κ1) is 13.5. The number of aromatic hydroxyl groups is 1. The molecule has 0 aromatic heterocycles. The van der Waals surface area contributed by atoms with Gasteiger partial charge in [-0.25, -0.2) is 0 Å². The summed E-state index contributed by atoms with van der Waals surface area (Å²) in [6.07, 6.45) is 0.877. The highest BCUT2D eigenvalue weighted by Crippen LogP contribution is 2.13. The number of amides is 1. The molecule has 0 spiro atoms. The number of hydrogen-bond donors (Lipinski definition) is 2. The van der Waals surface area contributed by atoms with Crippen molar-refractivity contribution in [3.63, 3.8) is 0 Å². The molecule has 1 aliphatic rings. The summed E-state index contributed by atoms with van der Waals surface area (Å²) in [7, 11) is 0. The summed E-state index contributed by atoms with van der Waals surface area (Å²) in [6, 6.07) is 6.41. The summed E-state index contributed by atoms with van der Waals surface area (Å²) in [5.74, 6) is 0.156. The normalized spacial score (nSPS) is 19.3. The van der Waals surface area contributed by atoms with Crippen molar-refractivity contribution >= 4 is 11.7 Å². The van der Waals surface area contributed by atoms with Gasteiger partial charge in [0.1, 0.15) is 5.75 Å². The topological polar surface area (TPSA) is 69.6 Å². The fourth-order valence-corrected chi connectivity index (χ4v) is 2.32. The molecular formula is C14H18N2O3. The van der Waals surface area contributed by atoms with Crippen LogP contribution in [0.15, 0.2) is 24.3 Å². The van der Waals surface area contributed by atoms with E-state index in [1.165, 1.54) is 19.1 Å². The molecule has 1 aliphatic heterocycles. The summed E-state index contributed by atoms with van der Waals surface area (Å²) < 4.78 is 0. The zero-order chi connectivity index (χ0) is 13.8. The fourth-order valence-electron chi connectivity index (χ4n) is 2.32. The minimum atomic E-state index is -0.0308. The molecule has 1 unspecified atom stereocenters. The Kier molecular flexibility index (Phi) is 4.16. The number of hydrogen-bond acceptors (Lipinski definition) is 4. The molecule has 1 amide bonds. The van der Waals surface area contributed by atoms with Crippen LogP contribution in [0.3, 0.4) is 0 Å². The average molecular weight is 262 g/mol. The lowest BCUT2D eigenvalue weighted by Gasteiger charge is -2.15. The van der Waals surface area contributed by atoms with Crippen LogP contribution in [0.4, 0.5) is 0 Å². The van der Waals surface area contributed by atoms with Crippen LogP contribution >= 0.6 is 0 Å². The molecule has 1 aromatic carbocycles. The molecule has 1 atom stereocenters. The Balaban J connectivity index is 1.87. The molecule has 0 bridgehead atoms. The predicted molar refractivity (Wildman–Crippen MR) is 71.1 cm³/mol. The molecule has 102 valence electrons. The van der Waals surface area contributed by atoms with Gasteiger partial charge in [0.15, 0.2) is 5.78 Å². The lowest BCUT2D eigenvalue weighted by atomic mass is 10.1. The lowest BCUT2D eigenvalue weighted by molar-refractivity contribution is -0.119. The van der Waals surface area contributed by atoms with Gasteiger partial charge in [0.05, 0.1) is 6.54 Å². The molecule has 1 heterocycles. The van der Waals surface area contributed by atoms with E-state index >= 15 is 0 Å². The van der Waals surface area contributed by atoms with Gasteiger partial charge in [-0.2, -0.15) is 0 Å². The highest BCUT2D eigenvalue weighted by Gasteiger charge is 2.24. The molecule has 0 aliphatic carbocycles. The maximum Gasteiger partial charge on any atom is 0.217 e. The molecule has 19 heavy (non-hydrogen) atoms. The zero-order valence-electron chi connectivity index (χ0n) is 10.9. The quantitative estimate of drug-likeness (QED) is 0.787. The van der Waals surface area contributed by atoms with Crippen LogP contribution in [0.5, 0.6) is 5.75 Å². The highest BCUT2D eigenvalue weighted by atomic mass is 16.3. The number of ketones is 1. The van der Waals surface area contributed by atoms with Crippen molar-refractivity contribution in [3.05, 3.63) is 29.8 Å². The van der Waals surface area contributed by atoms with E-state index in [2.05, 4.69) is 5.32 Å². The van der Waals surface area contributed by atoms with Gasteiger partial charge in [0.25, 0.3) is 0 Å². The average Bonchev–Trinajstić information content (AvgIpc) is 2.76. The third kappa shape index (κ3) is 3.79. The van der Waals surface area contributed by atoms with E-state index in [1.54, 1.807) is 12.1 Å². The molecule has 5 heteroatoms. The van der Waals surface area contributed by atoms with Gasteiger partial charge >= 0.3 is 0 Å². The van der Waals surface area contributed by atoms with E-state index in [4.69, 9.17) is 0 Å². The number of nitrogens with one attached hydrogen (secondary N) is 1. The van der Waals surface area contributed by atoms with Crippen LogP contribution in [0, 0.1) is 0 Å². The number of Topliss-reactive ketones (excluding diaryl/α,β-unsaturated/α-hetero) is 1. The van der Waals surface area contributed by atoms with Crippen molar-refractivity contribution in [2.75, 3.05) is 19.6 Å². The first-order valence-electron chi connectivity index (χ1n) is 6.36. The van der Waals surface area contributed by atoms with Crippen molar-refractivity contribution < 1.29 is 14.7 Å². The van der Waals surface area contributed by atoms with Crippen LogP contribution in [0.25, 0.3) is 0 Å². The van der Waals surface area contributed by atoms with Gasteiger partial charge in [-0.3, -0.25) is 14.5 Å². The van der Waals surface area contributed by atoms with Gasteiger partial charge in [0.2, 0.25) is 5.91 Å². The van der Waals surface area contributed by atoms with E-state index < -0.39 is 0 Å². The maximum atomic E-state index is 12.0. The first-order valence-corrected chi connectivity index (χ1v) is 6.36. The van der Waals surface area contributed by atoms with Crippen molar-refractivity contribution in [1.29, 1.82) is 0 Å². The van der Waals surface area contributed by atoms with Crippen molar-refractivity contribution in [1.82, 2.24) is 10.2 Å². The minimum absolute atomic E-state index is 0.0308. The Morgan fingerprint density at radius 2 is 2.05 bits per heavy atom. The number of rotatable bonds is 4. The van der Waals surface area contributed by atoms with Gasteiger partial charge in [0, 0.05) is 31.6 Å².